The molecule has 0 aromatic carbocycles. The Morgan fingerprint density at radius 3 is 1.52 bits per heavy atom. The highest BCUT2D eigenvalue weighted by Gasteiger charge is 2.88. The van der Waals surface area contributed by atoms with Crippen molar-refractivity contribution in [1.29, 1.82) is 0 Å². The van der Waals surface area contributed by atoms with Gasteiger partial charge in [-0.15, -0.1) is 0 Å². The number of alkyl halides is 11. The smallest absolute Gasteiger partial charge is 0.460 e. The van der Waals surface area contributed by atoms with Crippen LogP contribution in [0.5, 0.6) is 0 Å². The van der Waals surface area contributed by atoms with Crippen molar-refractivity contribution in [2.75, 3.05) is 13.2 Å². The van der Waals surface area contributed by atoms with E-state index in [0.29, 0.717) is 0 Å². The third-order valence-electron chi connectivity index (χ3n) is 2.39. The first kappa shape index (κ1) is 17.8. The van der Waals surface area contributed by atoms with Gasteiger partial charge in [0.15, 0.2) is 0 Å². The van der Waals surface area contributed by atoms with E-state index < -0.39 is 48.9 Å². The quantitative estimate of drug-likeness (QED) is 0.719. The minimum atomic E-state index is -7.43. The fourth-order valence-electron chi connectivity index (χ4n) is 1.23. The number of hydrogen-bond acceptors (Lipinski definition) is 2. The van der Waals surface area contributed by atoms with Crippen molar-refractivity contribution in [3.05, 3.63) is 0 Å². The molecular weight excluding hydrogens is 335 g/mol. The molecule has 0 aromatic heterocycles. The molecule has 0 atom stereocenters. The van der Waals surface area contributed by atoms with Crippen LogP contribution >= 0.6 is 0 Å². The molecule has 0 radical (unpaired) electrons. The zero-order valence-corrected chi connectivity index (χ0v) is 9.43. The first-order valence-corrected chi connectivity index (χ1v) is 4.86. The van der Waals surface area contributed by atoms with Gasteiger partial charge in [0, 0.05) is 0 Å². The van der Waals surface area contributed by atoms with E-state index in [0.717, 1.165) is 0 Å². The van der Waals surface area contributed by atoms with Crippen LogP contribution in [0.2, 0.25) is 0 Å². The van der Waals surface area contributed by atoms with Crippen LogP contribution in [0.15, 0.2) is 4.99 Å². The van der Waals surface area contributed by atoms with E-state index in [1.165, 1.54) is 0 Å². The zero-order valence-electron chi connectivity index (χ0n) is 9.43. The SMILES string of the molecule is FC(F)(F)C(F)(F)C(F)(F)C(F)(F)C(F)(F)C1=NCCO1. The molecule has 1 aliphatic rings. The van der Waals surface area contributed by atoms with Crippen LogP contribution in [-0.2, 0) is 4.74 Å². The molecule has 0 aliphatic carbocycles. The number of ether oxygens (including phenoxy) is 1. The third-order valence-corrected chi connectivity index (χ3v) is 2.39. The Kier molecular flexibility index (Phi) is 3.89. The van der Waals surface area contributed by atoms with Crippen LogP contribution < -0.4 is 0 Å². The second kappa shape index (κ2) is 4.60. The van der Waals surface area contributed by atoms with Crippen LogP contribution in [0.4, 0.5) is 48.3 Å². The molecule has 0 amide bonds. The molecule has 13 heteroatoms. The average molecular weight is 339 g/mol. The summed E-state index contributed by atoms with van der Waals surface area (Å²) in [6.45, 7) is -1.40. The first-order valence-electron chi connectivity index (χ1n) is 4.86. The Morgan fingerprint density at radius 1 is 0.714 bits per heavy atom. The highest BCUT2D eigenvalue weighted by atomic mass is 19.4. The number of rotatable bonds is 4. The van der Waals surface area contributed by atoms with Gasteiger partial charge in [0.25, 0.3) is 5.90 Å². The lowest BCUT2D eigenvalue weighted by molar-refractivity contribution is -0.415. The Labute approximate surface area is 108 Å². The fourth-order valence-corrected chi connectivity index (χ4v) is 1.23. The van der Waals surface area contributed by atoms with E-state index in [2.05, 4.69) is 9.73 Å². The number of nitrogens with zero attached hydrogens (tertiary/aromatic N) is 1. The first-order chi connectivity index (χ1) is 9.11. The molecule has 0 N–H and O–H groups in total. The predicted octanol–water partition coefficient (Wildman–Crippen LogP) is 3.52. The van der Waals surface area contributed by atoms with E-state index in [1.807, 2.05) is 0 Å². The van der Waals surface area contributed by atoms with Gasteiger partial charge in [-0.3, -0.25) is 0 Å². The molecule has 1 rings (SSSR count). The van der Waals surface area contributed by atoms with Crippen molar-refractivity contribution >= 4 is 5.90 Å². The maximum Gasteiger partial charge on any atom is 0.460 e. The molecule has 2 nitrogen and oxygen atoms in total. The molecule has 0 aromatic rings. The summed E-state index contributed by atoms with van der Waals surface area (Å²) in [5, 5.41) is 0. The van der Waals surface area contributed by atoms with Crippen LogP contribution in [0, 0.1) is 0 Å². The van der Waals surface area contributed by atoms with Gasteiger partial charge in [0.2, 0.25) is 0 Å². The monoisotopic (exact) mass is 339 g/mol. The summed E-state index contributed by atoms with van der Waals surface area (Å²) in [5.74, 6) is -30.4. The zero-order chi connectivity index (χ0) is 16.9. The topological polar surface area (TPSA) is 21.6 Å². The number of aliphatic imine (C=N–C) groups is 1. The van der Waals surface area contributed by atoms with Gasteiger partial charge in [0.05, 0.1) is 6.54 Å². The summed E-state index contributed by atoms with van der Waals surface area (Å²) in [6.07, 6.45) is -7.17. The normalized spacial score (nSPS) is 18.5. The summed E-state index contributed by atoms with van der Waals surface area (Å²) < 4.78 is 142. The average Bonchev–Trinajstić information content (AvgIpc) is 2.80. The van der Waals surface area contributed by atoms with E-state index in [9.17, 15) is 48.3 Å². The molecule has 0 spiro atoms. The lowest BCUT2D eigenvalue weighted by atomic mass is 9.98. The van der Waals surface area contributed by atoms with Crippen molar-refractivity contribution in [3.63, 3.8) is 0 Å². The van der Waals surface area contributed by atoms with Crippen molar-refractivity contribution in [3.8, 4) is 0 Å². The van der Waals surface area contributed by atoms with Crippen LogP contribution in [0.3, 0.4) is 0 Å². The highest BCUT2D eigenvalue weighted by molar-refractivity contribution is 5.86. The third kappa shape index (κ3) is 2.29. The Balaban J connectivity index is 3.33. The summed E-state index contributed by atoms with van der Waals surface area (Å²) in [5.41, 5.74) is 0. The molecule has 21 heavy (non-hydrogen) atoms. The molecule has 0 bridgehead atoms. The van der Waals surface area contributed by atoms with Gasteiger partial charge in [-0.05, 0) is 0 Å². The number of hydrogen-bond donors (Lipinski definition) is 0. The van der Waals surface area contributed by atoms with Crippen LogP contribution in [0.1, 0.15) is 0 Å². The second-order valence-corrected chi connectivity index (χ2v) is 3.83. The van der Waals surface area contributed by atoms with E-state index in [-0.39, 0.29) is 0 Å². The van der Waals surface area contributed by atoms with Gasteiger partial charge in [-0.25, -0.2) is 4.99 Å². The molecule has 124 valence electrons. The van der Waals surface area contributed by atoms with Gasteiger partial charge >= 0.3 is 29.9 Å². The standard InChI is InChI=1S/C8H4F11NO/c9-4(10,3-20-1-2-21-3)5(11,12)6(13,14)7(15,16)8(17,18)19/h1-2H2. The van der Waals surface area contributed by atoms with Crippen LogP contribution in [-0.4, -0.2) is 48.9 Å². The summed E-state index contributed by atoms with van der Waals surface area (Å²) in [6, 6.07) is 0. The maximum atomic E-state index is 13.1. The van der Waals surface area contributed by atoms with Crippen molar-refractivity contribution < 1.29 is 53.0 Å². The van der Waals surface area contributed by atoms with Gasteiger partial charge in [0.1, 0.15) is 6.61 Å². The lowest BCUT2D eigenvalue weighted by Gasteiger charge is -2.36. The fraction of sp³-hybridized carbons (Fsp3) is 0.875. The van der Waals surface area contributed by atoms with Gasteiger partial charge in [-0.2, -0.15) is 48.3 Å². The summed E-state index contributed by atoms with van der Waals surface area (Å²) in [4.78, 5) is 2.54. The largest absolute Gasteiger partial charge is 0.475 e. The van der Waals surface area contributed by atoms with Crippen molar-refractivity contribution in [2.45, 2.75) is 29.9 Å². The second-order valence-electron chi connectivity index (χ2n) is 3.83. The van der Waals surface area contributed by atoms with Gasteiger partial charge < -0.3 is 4.74 Å². The lowest BCUT2D eigenvalue weighted by Crippen LogP contribution is -2.68. The molecule has 0 fully saturated rings. The number of halogens is 11. The Hall–Kier alpha value is -1.30. The molecular formula is C8H4F11NO. The highest BCUT2D eigenvalue weighted by Crippen LogP contribution is 2.57. The van der Waals surface area contributed by atoms with Crippen LogP contribution in [0.25, 0.3) is 0 Å². The molecule has 0 saturated heterocycles. The summed E-state index contributed by atoms with van der Waals surface area (Å²) in [7, 11) is 0. The molecule has 0 unspecified atom stereocenters. The molecule has 1 heterocycles. The molecule has 1 aliphatic heterocycles. The minimum Gasteiger partial charge on any atom is -0.475 e. The summed E-state index contributed by atoms with van der Waals surface area (Å²) >= 11 is 0. The van der Waals surface area contributed by atoms with Gasteiger partial charge in [-0.1, -0.05) is 0 Å². The molecule has 0 saturated carbocycles. The van der Waals surface area contributed by atoms with Crippen molar-refractivity contribution in [1.82, 2.24) is 0 Å². The van der Waals surface area contributed by atoms with Crippen molar-refractivity contribution in [2.24, 2.45) is 4.99 Å². The predicted molar refractivity (Wildman–Crippen MR) is 44.1 cm³/mol. The van der Waals surface area contributed by atoms with E-state index in [1.54, 1.807) is 0 Å². The van der Waals surface area contributed by atoms with E-state index >= 15 is 0 Å². The maximum absolute atomic E-state index is 13.1. The Morgan fingerprint density at radius 2 is 1.19 bits per heavy atom. The van der Waals surface area contributed by atoms with E-state index in [4.69, 9.17) is 0 Å². The minimum absolute atomic E-state index is 0.664. The Bertz CT molecular complexity index is 438.